The van der Waals surface area contributed by atoms with Crippen LogP contribution in [-0.4, -0.2) is 29.7 Å². The maximum absolute atomic E-state index is 10.3. The van der Waals surface area contributed by atoms with Gasteiger partial charge in [0.15, 0.2) is 0 Å². The van der Waals surface area contributed by atoms with Crippen molar-refractivity contribution in [3.05, 3.63) is 59.7 Å². The lowest BCUT2D eigenvalue weighted by molar-refractivity contribution is -0.155. The second-order valence-corrected chi connectivity index (χ2v) is 6.38. The minimum atomic E-state index is -1.63. The molecule has 0 aliphatic carbocycles. The molecule has 1 saturated heterocycles. The van der Waals surface area contributed by atoms with Crippen molar-refractivity contribution in [2.45, 2.75) is 38.3 Å². The number of hydrogen-bond acceptors (Lipinski definition) is 4. The summed E-state index contributed by atoms with van der Waals surface area (Å²) < 4.78 is 17.4. The van der Waals surface area contributed by atoms with Gasteiger partial charge >= 0.3 is 0 Å². The molecule has 0 amide bonds. The smallest absolute Gasteiger partial charge is 0.235 e. The fourth-order valence-electron chi connectivity index (χ4n) is 2.73. The zero-order valence-electron chi connectivity index (χ0n) is 14.4. The SMILES string of the molecule is C#C[C@@]1(O)C[C@H](Oc2ccc(C)cc2)[C@@H](COc2ccc(C)cc2)O1. The number of ether oxygens (including phenoxy) is 3. The zero-order chi connectivity index (χ0) is 17.9. The van der Waals surface area contributed by atoms with E-state index < -0.39 is 18.0 Å². The van der Waals surface area contributed by atoms with Crippen LogP contribution in [0.25, 0.3) is 0 Å². The Balaban J connectivity index is 1.68. The molecule has 1 N–H and O–H groups in total. The van der Waals surface area contributed by atoms with E-state index in [1.165, 1.54) is 0 Å². The van der Waals surface area contributed by atoms with Gasteiger partial charge < -0.3 is 19.3 Å². The molecular weight excluding hydrogens is 316 g/mol. The first-order chi connectivity index (χ1) is 12.0. The lowest BCUT2D eigenvalue weighted by atomic mass is 10.1. The van der Waals surface area contributed by atoms with E-state index in [0.29, 0.717) is 5.75 Å². The molecule has 3 rings (SSSR count). The van der Waals surface area contributed by atoms with Crippen molar-refractivity contribution in [2.75, 3.05) is 6.61 Å². The van der Waals surface area contributed by atoms with Crippen LogP contribution in [0.2, 0.25) is 0 Å². The Labute approximate surface area is 148 Å². The highest BCUT2D eigenvalue weighted by Gasteiger charge is 2.46. The van der Waals surface area contributed by atoms with Gasteiger partial charge in [-0.3, -0.25) is 0 Å². The van der Waals surface area contributed by atoms with E-state index in [1.807, 2.05) is 62.4 Å². The monoisotopic (exact) mass is 338 g/mol. The maximum Gasteiger partial charge on any atom is 0.235 e. The predicted molar refractivity (Wildman–Crippen MR) is 95.5 cm³/mol. The van der Waals surface area contributed by atoms with Crippen LogP contribution in [0.1, 0.15) is 17.5 Å². The van der Waals surface area contributed by atoms with Gasteiger partial charge in [-0.25, -0.2) is 0 Å². The minimum absolute atomic E-state index is 0.194. The van der Waals surface area contributed by atoms with Crippen LogP contribution in [0.5, 0.6) is 11.5 Å². The van der Waals surface area contributed by atoms with Gasteiger partial charge in [0, 0.05) is 0 Å². The molecule has 0 unspecified atom stereocenters. The van der Waals surface area contributed by atoms with E-state index in [1.54, 1.807) is 0 Å². The van der Waals surface area contributed by atoms with E-state index in [9.17, 15) is 5.11 Å². The van der Waals surface area contributed by atoms with Gasteiger partial charge in [0.2, 0.25) is 5.79 Å². The van der Waals surface area contributed by atoms with E-state index in [4.69, 9.17) is 20.6 Å². The van der Waals surface area contributed by atoms with Crippen molar-refractivity contribution < 1.29 is 19.3 Å². The second-order valence-electron chi connectivity index (χ2n) is 6.38. The first-order valence-electron chi connectivity index (χ1n) is 8.28. The Morgan fingerprint density at radius 2 is 1.64 bits per heavy atom. The molecular formula is C21H22O4. The predicted octanol–water partition coefficient (Wildman–Crippen LogP) is 3.24. The van der Waals surface area contributed by atoms with Gasteiger partial charge in [-0.15, -0.1) is 6.42 Å². The highest BCUT2D eigenvalue weighted by atomic mass is 16.7. The molecule has 1 fully saturated rings. The molecule has 1 aliphatic rings. The molecule has 4 heteroatoms. The Hall–Kier alpha value is -2.48. The highest BCUT2D eigenvalue weighted by molar-refractivity contribution is 5.28. The Kier molecular flexibility index (Phi) is 4.98. The quantitative estimate of drug-likeness (QED) is 0.850. The van der Waals surface area contributed by atoms with Crippen molar-refractivity contribution in [3.8, 4) is 23.8 Å². The molecule has 0 aromatic heterocycles. The molecule has 0 saturated carbocycles. The zero-order valence-corrected chi connectivity index (χ0v) is 14.4. The van der Waals surface area contributed by atoms with Crippen LogP contribution in [0.15, 0.2) is 48.5 Å². The number of hydrogen-bond donors (Lipinski definition) is 1. The molecule has 0 spiro atoms. The van der Waals surface area contributed by atoms with Crippen LogP contribution in [-0.2, 0) is 4.74 Å². The summed E-state index contributed by atoms with van der Waals surface area (Å²) in [6.45, 7) is 4.27. The number of benzene rings is 2. The topological polar surface area (TPSA) is 47.9 Å². The van der Waals surface area contributed by atoms with Crippen LogP contribution >= 0.6 is 0 Å². The van der Waals surface area contributed by atoms with Gasteiger partial charge in [-0.1, -0.05) is 35.4 Å². The van der Waals surface area contributed by atoms with E-state index in [2.05, 4.69) is 5.92 Å². The van der Waals surface area contributed by atoms with Crippen LogP contribution in [0, 0.1) is 26.2 Å². The molecule has 0 radical (unpaired) electrons. The molecule has 1 aliphatic heterocycles. The molecule has 4 nitrogen and oxygen atoms in total. The summed E-state index contributed by atoms with van der Waals surface area (Å²) in [6.07, 6.45) is 4.74. The van der Waals surface area contributed by atoms with Gasteiger partial charge in [-0.05, 0) is 44.0 Å². The molecule has 0 bridgehead atoms. The molecule has 2 aromatic rings. The van der Waals surface area contributed by atoms with Crippen molar-refractivity contribution in [1.29, 1.82) is 0 Å². The summed E-state index contributed by atoms with van der Waals surface area (Å²) >= 11 is 0. The number of terminal acetylenes is 1. The molecule has 3 atom stereocenters. The normalized spacial score (nSPS) is 25.4. The van der Waals surface area contributed by atoms with Gasteiger partial charge in [0.05, 0.1) is 6.42 Å². The van der Waals surface area contributed by atoms with Gasteiger partial charge in [-0.2, -0.15) is 0 Å². The summed E-state index contributed by atoms with van der Waals surface area (Å²) in [5, 5.41) is 10.3. The molecule has 25 heavy (non-hydrogen) atoms. The second kappa shape index (κ2) is 7.18. The Morgan fingerprint density at radius 3 is 2.20 bits per heavy atom. The standard InChI is InChI=1S/C21H22O4/c1-4-21(22)13-19(24-18-11-7-16(3)8-12-18)20(25-21)14-23-17-9-5-15(2)6-10-17/h1,5-12,19-20,22H,13-14H2,2-3H3/t19-,20+,21-/m0/s1. The summed E-state index contributed by atoms with van der Waals surface area (Å²) in [4.78, 5) is 0. The summed E-state index contributed by atoms with van der Waals surface area (Å²) in [5.41, 5.74) is 2.31. The average Bonchev–Trinajstić information content (AvgIpc) is 2.93. The fraction of sp³-hybridized carbons (Fsp3) is 0.333. The fourth-order valence-corrected chi connectivity index (χ4v) is 2.73. The summed E-state index contributed by atoms with van der Waals surface area (Å²) in [5.74, 6) is 2.11. The average molecular weight is 338 g/mol. The van der Waals surface area contributed by atoms with Crippen molar-refractivity contribution >= 4 is 0 Å². The lowest BCUT2D eigenvalue weighted by Gasteiger charge is -2.20. The molecule has 2 aromatic carbocycles. The summed E-state index contributed by atoms with van der Waals surface area (Å²) in [6, 6.07) is 15.5. The third-order valence-corrected chi connectivity index (χ3v) is 4.21. The Bertz CT molecular complexity index is 745. The number of aliphatic hydroxyl groups is 1. The minimum Gasteiger partial charge on any atom is -0.491 e. The number of rotatable bonds is 5. The highest BCUT2D eigenvalue weighted by Crippen LogP contribution is 2.32. The first kappa shape index (κ1) is 17.3. The third-order valence-electron chi connectivity index (χ3n) is 4.21. The van der Waals surface area contributed by atoms with E-state index >= 15 is 0 Å². The van der Waals surface area contributed by atoms with Crippen molar-refractivity contribution in [3.63, 3.8) is 0 Å². The summed E-state index contributed by atoms with van der Waals surface area (Å²) in [7, 11) is 0. The van der Waals surface area contributed by atoms with Crippen molar-refractivity contribution in [2.24, 2.45) is 0 Å². The first-order valence-corrected chi connectivity index (χ1v) is 8.28. The largest absolute Gasteiger partial charge is 0.491 e. The Morgan fingerprint density at radius 1 is 1.08 bits per heavy atom. The van der Waals surface area contributed by atoms with Gasteiger partial charge in [0.25, 0.3) is 0 Å². The van der Waals surface area contributed by atoms with Crippen LogP contribution in [0.4, 0.5) is 0 Å². The molecule has 130 valence electrons. The van der Waals surface area contributed by atoms with E-state index in [0.717, 1.165) is 16.9 Å². The van der Waals surface area contributed by atoms with E-state index in [-0.39, 0.29) is 13.0 Å². The van der Waals surface area contributed by atoms with Gasteiger partial charge in [0.1, 0.15) is 30.3 Å². The number of aryl methyl sites for hydroxylation is 2. The maximum atomic E-state index is 10.3. The molecule has 1 heterocycles. The third kappa shape index (κ3) is 4.33. The lowest BCUT2D eigenvalue weighted by Crippen LogP contribution is -2.33. The van der Waals surface area contributed by atoms with Crippen molar-refractivity contribution in [1.82, 2.24) is 0 Å². The van der Waals surface area contributed by atoms with Crippen LogP contribution in [0.3, 0.4) is 0 Å². The van der Waals surface area contributed by atoms with Crippen LogP contribution < -0.4 is 9.47 Å².